The Labute approximate surface area is 184 Å². The number of halogens is 1. The van der Waals surface area contributed by atoms with Crippen molar-refractivity contribution in [1.29, 1.82) is 0 Å². The minimum Gasteiger partial charge on any atom is -0.439 e. The van der Waals surface area contributed by atoms with Crippen LogP contribution in [0.4, 0.5) is 5.82 Å². The predicted octanol–water partition coefficient (Wildman–Crippen LogP) is 4.61. The van der Waals surface area contributed by atoms with Crippen LogP contribution in [-0.2, 0) is 0 Å². The largest absolute Gasteiger partial charge is 0.439 e. The van der Waals surface area contributed by atoms with Gasteiger partial charge in [0.1, 0.15) is 17.4 Å². The van der Waals surface area contributed by atoms with E-state index in [0.29, 0.717) is 43.4 Å². The van der Waals surface area contributed by atoms with E-state index < -0.39 is 0 Å². The fraction of sp³-hybridized carbons (Fsp3) is 0.261. The molecule has 6 nitrogen and oxygen atoms in total. The molecule has 1 saturated heterocycles. The summed E-state index contributed by atoms with van der Waals surface area (Å²) in [7, 11) is 0. The molecule has 0 spiro atoms. The number of ether oxygens (including phenoxy) is 1. The number of hydrogen-bond acceptors (Lipinski definition) is 5. The van der Waals surface area contributed by atoms with Gasteiger partial charge in [-0.25, -0.2) is 4.98 Å². The molecule has 0 bridgehead atoms. The number of nitrogens with zero attached hydrogens (tertiary/aromatic N) is 4. The Balaban J connectivity index is 1.44. The lowest BCUT2D eigenvalue weighted by molar-refractivity contribution is 0.0745. The normalized spacial score (nSPS) is 14.0. The Hall–Kier alpha value is -2.93. The van der Waals surface area contributed by atoms with Gasteiger partial charge in [0, 0.05) is 36.7 Å². The molecule has 0 radical (unpaired) electrons. The maximum atomic E-state index is 12.8. The quantitative estimate of drug-likeness (QED) is 0.561. The molecule has 30 heavy (non-hydrogen) atoms. The number of piperazine rings is 1. The Morgan fingerprint density at radius 2 is 1.67 bits per heavy atom. The van der Waals surface area contributed by atoms with Gasteiger partial charge in [0.05, 0.1) is 5.56 Å². The van der Waals surface area contributed by atoms with Crippen LogP contribution in [0.25, 0.3) is 0 Å². The van der Waals surface area contributed by atoms with Gasteiger partial charge in [0.2, 0.25) is 5.88 Å². The molecule has 154 valence electrons. The Morgan fingerprint density at radius 1 is 0.967 bits per heavy atom. The van der Waals surface area contributed by atoms with Crippen LogP contribution < -0.4 is 9.64 Å². The third-order valence-corrected chi connectivity index (χ3v) is 5.73. The minimum absolute atomic E-state index is 0.0457. The molecule has 0 N–H and O–H groups in total. The molecule has 2 heterocycles. The first-order valence-electron chi connectivity index (χ1n) is 9.88. The number of aryl methyl sites for hydroxylation is 2. The summed E-state index contributed by atoms with van der Waals surface area (Å²) in [6.45, 7) is 6.58. The zero-order valence-corrected chi connectivity index (χ0v) is 18.6. The van der Waals surface area contributed by atoms with Crippen LogP contribution in [0.1, 0.15) is 21.7 Å². The summed E-state index contributed by atoms with van der Waals surface area (Å²) in [6.07, 6.45) is 0. The van der Waals surface area contributed by atoms with Crippen LogP contribution >= 0.6 is 15.9 Å². The second kappa shape index (κ2) is 8.83. The number of hydrogen-bond donors (Lipinski definition) is 0. The van der Waals surface area contributed by atoms with E-state index >= 15 is 0 Å². The summed E-state index contributed by atoms with van der Waals surface area (Å²) < 4.78 is 6.75. The van der Waals surface area contributed by atoms with Crippen molar-refractivity contribution in [3.05, 3.63) is 76.0 Å². The van der Waals surface area contributed by atoms with Crippen LogP contribution in [-0.4, -0.2) is 47.0 Å². The van der Waals surface area contributed by atoms with E-state index in [9.17, 15) is 4.79 Å². The molecule has 2 aromatic carbocycles. The third kappa shape index (κ3) is 4.62. The highest BCUT2D eigenvalue weighted by Crippen LogP contribution is 2.25. The van der Waals surface area contributed by atoms with Gasteiger partial charge in [0.15, 0.2) is 0 Å². The molecular formula is C23H23BrN4O2. The monoisotopic (exact) mass is 466 g/mol. The summed E-state index contributed by atoms with van der Waals surface area (Å²) in [4.78, 5) is 25.9. The van der Waals surface area contributed by atoms with Gasteiger partial charge >= 0.3 is 0 Å². The average molecular weight is 467 g/mol. The Bertz CT molecular complexity index is 1050. The number of carbonyl (C=O) groups excluding carboxylic acids is 1. The van der Waals surface area contributed by atoms with Crippen molar-refractivity contribution < 1.29 is 9.53 Å². The van der Waals surface area contributed by atoms with Crippen molar-refractivity contribution in [3.63, 3.8) is 0 Å². The molecule has 1 fully saturated rings. The van der Waals surface area contributed by atoms with Gasteiger partial charge in [-0.15, -0.1) is 0 Å². The van der Waals surface area contributed by atoms with E-state index in [1.54, 1.807) is 0 Å². The number of anilines is 1. The van der Waals surface area contributed by atoms with Crippen LogP contribution in [0.15, 0.2) is 59.1 Å². The lowest BCUT2D eigenvalue weighted by Gasteiger charge is -2.35. The highest BCUT2D eigenvalue weighted by atomic mass is 79.9. The molecule has 0 saturated carbocycles. The lowest BCUT2D eigenvalue weighted by Crippen LogP contribution is -2.49. The van der Waals surface area contributed by atoms with Crippen molar-refractivity contribution in [2.45, 2.75) is 13.8 Å². The summed E-state index contributed by atoms with van der Waals surface area (Å²) in [5, 5.41) is 0. The maximum absolute atomic E-state index is 12.8. The molecule has 1 amide bonds. The molecule has 0 atom stereocenters. The summed E-state index contributed by atoms with van der Waals surface area (Å²) in [5.41, 5.74) is 1.87. The second-order valence-corrected chi connectivity index (χ2v) is 8.14. The van der Waals surface area contributed by atoms with E-state index in [4.69, 9.17) is 4.74 Å². The van der Waals surface area contributed by atoms with Gasteiger partial charge < -0.3 is 14.5 Å². The highest BCUT2D eigenvalue weighted by molar-refractivity contribution is 9.10. The van der Waals surface area contributed by atoms with E-state index in [2.05, 4.69) is 30.8 Å². The van der Waals surface area contributed by atoms with E-state index in [1.165, 1.54) is 5.56 Å². The number of rotatable bonds is 4. The van der Waals surface area contributed by atoms with Crippen LogP contribution in [0, 0.1) is 13.8 Å². The van der Waals surface area contributed by atoms with Gasteiger partial charge in [-0.2, -0.15) is 4.98 Å². The first-order valence-corrected chi connectivity index (χ1v) is 10.7. The molecule has 7 heteroatoms. The zero-order chi connectivity index (χ0) is 21.1. The SMILES string of the molecule is Cc1ccc(Oc2cc(N3CCN(C(=O)c4ccccc4Br)CC3)nc(C)n2)cc1. The summed E-state index contributed by atoms with van der Waals surface area (Å²) in [5.74, 6) is 2.78. The Morgan fingerprint density at radius 3 is 2.37 bits per heavy atom. The van der Waals surface area contributed by atoms with Gasteiger partial charge in [-0.1, -0.05) is 29.8 Å². The highest BCUT2D eigenvalue weighted by Gasteiger charge is 2.24. The summed E-state index contributed by atoms with van der Waals surface area (Å²) >= 11 is 3.47. The third-order valence-electron chi connectivity index (χ3n) is 5.04. The molecule has 1 aliphatic rings. The van der Waals surface area contributed by atoms with Crippen molar-refractivity contribution >= 4 is 27.7 Å². The van der Waals surface area contributed by atoms with E-state index in [0.717, 1.165) is 16.0 Å². The number of aromatic nitrogens is 2. The van der Waals surface area contributed by atoms with Crippen LogP contribution in [0.2, 0.25) is 0 Å². The van der Waals surface area contributed by atoms with Crippen molar-refractivity contribution in [2.24, 2.45) is 0 Å². The van der Waals surface area contributed by atoms with Crippen LogP contribution in [0.5, 0.6) is 11.6 Å². The van der Waals surface area contributed by atoms with Gasteiger partial charge in [-0.3, -0.25) is 4.79 Å². The number of carbonyl (C=O) groups is 1. The topological polar surface area (TPSA) is 58.6 Å². The smallest absolute Gasteiger partial charge is 0.255 e. The van der Waals surface area contributed by atoms with E-state index in [1.807, 2.05) is 73.3 Å². The van der Waals surface area contributed by atoms with Crippen molar-refractivity contribution in [3.8, 4) is 11.6 Å². The second-order valence-electron chi connectivity index (χ2n) is 7.29. The minimum atomic E-state index is 0.0457. The first-order chi connectivity index (χ1) is 14.5. The fourth-order valence-electron chi connectivity index (χ4n) is 3.41. The molecule has 1 aliphatic heterocycles. The molecule has 4 rings (SSSR count). The predicted molar refractivity (Wildman–Crippen MR) is 120 cm³/mol. The molecule has 0 unspecified atom stereocenters. The Kier molecular flexibility index (Phi) is 5.99. The van der Waals surface area contributed by atoms with Crippen LogP contribution in [0.3, 0.4) is 0 Å². The lowest BCUT2D eigenvalue weighted by atomic mass is 10.2. The molecule has 1 aromatic heterocycles. The van der Waals surface area contributed by atoms with Gasteiger partial charge in [-0.05, 0) is 54.0 Å². The van der Waals surface area contributed by atoms with Crippen molar-refractivity contribution in [1.82, 2.24) is 14.9 Å². The molecular weight excluding hydrogens is 444 g/mol. The average Bonchev–Trinajstić information content (AvgIpc) is 2.75. The standard InChI is InChI=1S/C23H23BrN4O2/c1-16-7-9-18(10-8-16)30-22-15-21(25-17(2)26-22)27-11-13-28(14-12-27)23(29)19-5-3-4-6-20(19)24/h3-10,15H,11-14H2,1-2H3. The number of benzene rings is 2. The van der Waals surface area contributed by atoms with Gasteiger partial charge in [0.25, 0.3) is 5.91 Å². The fourth-order valence-corrected chi connectivity index (χ4v) is 3.86. The zero-order valence-electron chi connectivity index (χ0n) is 17.0. The maximum Gasteiger partial charge on any atom is 0.255 e. The first kappa shape index (κ1) is 20.3. The molecule has 3 aromatic rings. The molecule has 0 aliphatic carbocycles. The van der Waals surface area contributed by atoms with E-state index in [-0.39, 0.29) is 5.91 Å². The number of amides is 1. The van der Waals surface area contributed by atoms with Crippen molar-refractivity contribution in [2.75, 3.05) is 31.1 Å². The summed E-state index contributed by atoms with van der Waals surface area (Å²) in [6, 6.07) is 17.3.